The number of aryl methyl sites for hydroxylation is 2. The zero-order chi connectivity index (χ0) is 13.9. The van der Waals surface area contributed by atoms with Gasteiger partial charge in [0.15, 0.2) is 6.61 Å². The van der Waals surface area contributed by atoms with Gasteiger partial charge in [-0.05, 0) is 37.1 Å². The first-order valence-electron chi connectivity index (χ1n) is 5.01. The number of benzene rings is 1. The van der Waals surface area contributed by atoms with E-state index in [2.05, 4.69) is 4.74 Å². The Balaban J connectivity index is 3.04. The molecule has 1 aromatic carbocycles. The minimum Gasteiger partial charge on any atom is -0.482 e. The molecule has 0 saturated heterocycles. The van der Waals surface area contributed by atoms with E-state index >= 15 is 0 Å². The summed E-state index contributed by atoms with van der Waals surface area (Å²) in [5.74, 6) is -0.126. The summed E-state index contributed by atoms with van der Waals surface area (Å²) in [4.78, 5) is 11.0. The van der Waals surface area contributed by atoms with Crippen LogP contribution in [0.5, 0.6) is 5.75 Å². The van der Waals surface area contributed by atoms with Gasteiger partial charge in [0.1, 0.15) is 5.75 Å². The second-order valence-electron chi connectivity index (χ2n) is 3.69. The first kappa shape index (κ1) is 14.8. The van der Waals surface area contributed by atoms with Crippen LogP contribution in [0.3, 0.4) is 0 Å². The second-order valence-corrected chi connectivity index (χ2v) is 6.19. The number of carbonyl (C=O) groups is 1. The Hall–Kier alpha value is -1.27. The van der Waals surface area contributed by atoms with Gasteiger partial charge in [-0.15, -0.1) is 0 Å². The molecule has 0 aliphatic rings. The van der Waals surface area contributed by atoms with Gasteiger partial charge in [0.2, 0.25) is 0 Å². The highest BCUT2D eigenvalue weighted by Crippen LogP contribution is 2.28. The van der Waals surface area contributed by atoms with Gasteiger partial charge in [-0.25, -0.2) is 13.2 Å². The first-order valence-corrected chi connectivity index (χ1v) is 7.32. The predicted octanol–water partition coefficient (Wildman–Crippen LogP) is 1.78. The number of ether oxygens (including phenoxy) is 2. The number of hydrogen-bond acceptors (Lipinski definition) is 5. The summed E-state index contributed by atoms with van der Waals surface area (Å²) in [6.45, 7) is 2.98. The van der Waals surface area contributed by atoms with E-state index in [1.54, 1.807) is 13.8 Å². The van der Waals surface area contributed by atoms with Gasteiger partial charge >= 0.3 is 5.97 Å². The van der Waals surface area contributed by atoms with Gasteiger partial charge in [-0.3, -0.25) is 0 Å². The smallest absolute Gasteiger partial charge is 0.343 e. The molecule has 100 valence electrons. The molecule has 0 spiro atoms. The van der Waals surface area contributed by atoms with E-state index in [0.717, 1.165) is 0 Å². The lowest BCUT2D eigenvalue weighted by molar-refractivity contribution is -0.142. The number of halogens is 1. The van der Waals surface area contributed by atoms with Crippen molar-refractivity contribution in [1.82, 2.24) is 0 Å². The van der Waals surface area contributed by atoms with Crippen molar-refractivity contribution in [3.8, 4) is 5.75 Å². The van der Waals surface area contributed by atoms with Crippen LogP contribution in [0.4, 0.5) is 0 Å². The maximum absolute atomic E-state index is 11.3. The molecular weight excluding hydrogens is 280 g/mol. The zero-order valence-corrected chi connectivity index (χ0v) is 11.8. The van der Waals surface area contributed by atoms with Crippen molar-refractivity contribution in [2.45, 2.75) is 18.7 Å². The Morgan fingerprint density at radius 1 is 1.28 bits per heavy atom. The Bertz CT molecular complexity index is 542. The van der Waals surface area contributed by atoms with Gasteiger partial charge in [0, 0.05) is 10.7 Å². The quantitative estimate of drug-likeness (QED) is 0.625. The van der Waals surface area contributed by atoms with E-state index in [9.17, 15) is 13.2 Å². The molecule has 0 aliphatic heterocycles. The Morgan fingerprint density at radius 3 is 2.17 bits per heavy atom. The van der Waals surface area contributed by atoms with Gasteiger partial charge < -0.3 is 9.47 Å². The van der Waals surface area contributed by atoms with Crippen molar-refractivity contribution >= 4 is 25.7 Å². The lowest BCUT2D eigenvalue weighted by Gasteiger charge is -2.10. The molecule has 5 nitrogen and oxygen atoms in total. The summed E-state index contributed by atoms with van der Waals surface area (Å²) in [6.07, 6.45) is 0. The maximum Gasteiger partial charge on any atom is 0.343 e. The topological polar surface area (TPSA) is 69.7 Å². The highest BCUT2D eigenvalue weighted by molar-refractivity contribution is 8.13. The van der Waals surface area contributed by atoms with Crippen LogP contribution in [0.2, 0.25) is 0 Å². The van der Waals surface area contributed by atoms with Crippen LogP contribution >= 0.6 is 10.7 Å². The fourth-order valence-corrected chi connectivity index (χ4v) is 3.20. The molecule has 1 aromatic rings. The number of esters is 1. The van der Waals surface area contributed by atoms with Crippen molar-refractivity contribution in [1.29, 1.82) is 0 Å². The summed E-state index contributed by atoms with van der Waals surface area (Å²) in [5, 5.41) is 0. The number of rotatable bonds is 4. The van der Waals surface area contributed by atoms with Gasteiger partial charge in [-0.1, -0.05) is 0 Å². The molecule has 0 unspecified atom stereocenters. The lowest BCUT2D eigenvalue weighted by Crippen LogP contribution is -2.13. The van der Waals surface area contributed by atoms with Crippen LogP contribution in [0.25, 0.3) is 0 Å². The third kappa shape index (κ3) is 3.61. The molecule has 0 saturated carbocycles. The molecule has 0 heterocycles. The van der Waals surface area contributed by atoms with Gasteiger partial charge in [-0.2, -0.15) is 0 Å². The molecular formula is C11H13ClO5S. The molecule has 18 heavy (non-hydrogen) atoms. The average Bonchev–Trinajstić information content (AvgIpc) is 2.22. The Labute approximate surface area is 110 Å². The monoisotopic (exact) mass is 292 g/mol. The molecule has 0 aliphatic carbocycles. The van der Waals surface area contributed by atoms with Crippen molar-refractivity contribution in [3.05, 3.63) is 23.3 Å². The van der Waals surface area contributed by atoms with Crippen molar-refractivity contribution in [2.24, 2.45) is 0 Å². The van der Waals surface area contributed by atoms with E-state index < -0.39 is 15.0 Å². The number of carbonyl (C=O) groups excluding carboxylic acids is 1. The predicted molar refractivity (Wildman–Crippen MR) is 66.5 cm³/mol. The Kier molecular flexibility index (Phi) is 4.59. The molecule has 0 radical (unpaired) electrons. The van der Waals surface area contributed by atoms with Crippen LogP contribution in [-0.2, 0) is 18.6 Å². The fraction of sp³-hybridized carbons (Fsp3) is 0.364. The number of hydrogen-bond donors (Lipinski definition) is 0. The molecule has 0 aromatic heterocycles. The molecule has 0 bridgehead atoms. The summed E-state index contributed by atoms with van der Waals surface area (Å²) < 4.78 is 32.3. The summed E-state index contributed by atoms with van der Waals surface area (Å²) in [7, 11) is 2.79. The van der Waals surface area contributed by atoms with Crippen molar-refractivity contribution in [3.63, 3.8) is 0 Å². The lowest BCUT2D eigenvalue weighted by atomic mass is 10.1. The van der Waals surface area contributed by atoms with E-state index in [0.29, 0.717) is 16.9 Å². The van der Waals surface area contributed by atoms with Crippen LogP contribution in [0.15, 0.2) is 17.0 Å². The van der Waals surface area contributed by atoms with Crippen molar-refractivity contribution in [2.75, 3.05) is 13.7 Å². The third-order valence-corrected chi connectivity index (χ3v) is 3.86. The van der Waals surface area contributed by atoms with E-state index in [-0.39, 0.29) is 11.5 Å². The summed E-state index contributed by atoms with van der Waals surface area (Å²) in [5.41, 5.74) is 0.926. The second kappa shape index (κ2) is 5.58. The maximum atomic E-state index is 11.3. The van der Waals surface area contributed by atoms with Crippen LogP contribution in [0, 0.1) is 13.8 Å². The third-order valence-electron chi connectivity index (χ3n) is 2.26. The summed E-state index contributed by atoms with van der Waals surface area (Å²) >= 11 is 0. The van der Waals surface area contributed by atoms with Crippen LogP contribution in [-0.4, -0.2) is 28.1 Å². The van der Waals surface area contributed by atoms with Gasteiger partial charge in [0.25, 0.3) is 9.05 Å². The standard InChI is InChI=1S/C11H13ClO5S/c1-7-4-9(17-6-10(13)16-3)5-8(2)11(7)18(12,14)15/h4-5H,6H2,1-3H3. The minimum absolute atomic E-state index is 0.0644. The highest BCUT2D eigenvalue weighted by Gasteiger charge is 2.18. The molecule has 0 amide bonds. The van der Waals surface area contributed by atoms with Crippen LogP contribution < -0.4 is 4.74 Å². The van der Waals surface area contributed by atoms with Gasteiger partial charge in [0.05, 0.1) is 12.0 Å². The molecule has 1 rings (SSSR count). The first-order chi connectivity index (χ1) is 8.25. The fourth-order valence-electron chi connectivity index (χ4n) is 1.58. The van der Waals surface area contributed by atoms with E-state index in [1.165, 1.54) is 19.2 Å². The molecule has 7 heteroatoms. The molecule has 0 fully saturated rings. The van der Waals surface area contributed by atoms with E-state index in [1.807, 2.05) is 0 Å². The Morgan fingerprint density at radius 2 is 1.78 bits per heavy atom. The average molecular weight is 293 g/mol. The largest absolute Gasteiger partial charge is 0.482 e. The number of methoxy groups -OCH3 is 1. The van der Waals surface area contributed by atoms with Crippen LogP contribution in [0.1, 0.15) is 11.1 Å². The zero-order valence-electron chi connectivity index (χ0n) is 10.2. The molecule has 0 atom stereocenters. The van der Waals surface area contributed by atoms with Crippen molar-refractivity contribution < 1.29 is 22.7 Å². The minimum atomic E-state index is -3.79. The normalized spacial score (nSPS) is 11.1. The highest BCUT2D eigenvalue weighted by atomic mass is 35.7. The van der Waals surface area contributed by atoms with E-state index in [4.69, 9.17) is 15.4 Å². The SMILES string of the molecule is COC(=O)COc1cc(C)c(S(=O)(=O)Cl)c(C)c1. The molecule has 0 N–H and O–H groups in total. The summed E-state index contributed by atoms with van der Waals surface area (Å²) in [6, 6.07) is 3.01.